The fourth-order valence-electron chi connectivity index (χ4n) is 3.23. The van der Waals surface area contributed by atoms with Crippen LogP contribution in [-0.4, -0.2) is 30.7 Å². The van der Waals surface area contributed by atoms with Crippen molar-refractivity contribution in [2.24, 2.45) is 0 Å². The minimum atomic E-state index is 0.636. The van der Waals surface area contributed by atoms with Crippen LogP contribution in [0.4, 0.5) is 5.82 Å². The lowest BCUT2D eigenvalue weighted by atomic mass is 10.2. The largest absolute Gasteiger partial charge is 0.352 e. The van der Waals surface area contributed by atoms with Crippen LogP contribution in [0.1, 0.15) is 37.4 Å². The van der Waals surface area contributed by atoms with Crippen molar-refractivity contribution in [3.63, 3.8) is 0 Å². The van der Waals surface area contributed by atoms with E-state index in [0.717, 1.165) is 13.1 Å². The zero-order valence-corrected chi connectivity index (χ0v) is 11.3. The molecule has 18 heavy (non-hydrogen) atoms. The van der Waals surface area contributed by atoms with Crippen molar-refractivity contribution in [1.29, 1.82) is 0 Å². The smallest absolute Gasteiger partial charge is 0.129 e. The molecule has 0 radical (unpaired) electrons. The first kappa shape index (κ1) is 12.0. The molecule has 1 unspecified atom stereocenters. The van der Waals surface area contributed by atoms with Gasteiger partial charge in [0.1, 0.15) is 5.82 Å². The zero-order valence-electron chi connectivity index (χ0n) is 11.3. The molecule has 3 nitrogen and oxygen atoms in total. The van der Waals surface area contributed by atoms with E-state index in [2.05, 4.69) is 29.3 Å². The summed E-state index contributed by atoms with van der Waals surface area (Å²) in [4.78, 5) is 7.39. The third kappa shape index (κ3) is 2.24. The van der Waals surface area contributed by atoms with Gasteiger partial charge in [-0.25, -0.2) is 4.98 Å². The molecule has 3 rings (SSSR count). The number of aromatic nitrogens is 1. The average Bonchev–Trinajstić information content (AvgIpc) is 3.03. The second-order valence-corrected chi connectivity index (χ2v) is 5.43. The summed E-state index contributed by atoms with van der Waals surface area (Å²) in [6, 6.07) is 5.17. The van der Waals surface area contributed by atoms with E-state index in [4.69, 9.17) is 4.98 Å². The van der Waals surface area contributed by atoms with Gasteiger partial charge < -0.3 is 10.2 Å². The van der Waals surface area contributed by atoms with E-state index >= 15 is 0 Å². The Bertz CT molecular complexity index is 416. The number of anilines is 1. The number of aryl methyl sites for hydroxylation is 2. The summed E-state index contributed by atoms with van der Waals surface area (Å²) in [5.41, 5.74) is 2.82. The minimum Gasteiger partial charge on any atom is -0.352 e. The lowest BCUT2D eigenvalue weighted by Crippen LogP contribution is -2.38. The number of pyridine rings is 1. The molecule has 1 aliphatic heterocycles. The van der Waals surface area contributed by atoms with Gasteiger partial charge in [-0.05, 0) is 50.3 Å². The molecule has 0 aromatic carbocycles. The molecular weight excluding hydrogens is 222 g/mol. The van der Waals surface area contributed by atoms with Gasteiger partial charge in [-0.3, -0.25) is 0 Å². The van der Waals surface area contributed by atoms with E-state index in [-0.39, 0.29) is 0 Å². The predicted octanol–water partition coefficient (Wildman–Crippen LogP) is 2.15. The van der Waals surface area contributed by atoms with Crippen molar-refractivity contribution >= 4 is 5.82 Å². The first-order valence-corrected chi connectivity index (χ1v) is 7.34. The van der Waals surface area contributed by atoms with E-state index in [1.807, 2.05) is 0 Å². The Labute approximate surface area is 110 Å². The van der Waals surface area contributed by atoms with Crippen molar-refractivity contribution in [1.82, 2.24) is 10.3 Å². The number of likely N-dealkylation sites (N-methyl/N-ethyl adjacent to an activating group) is 1. The summed E-state index contributed by atoms with van der Waals surface area (Å²) in [6.45, 7) is 5.49. The molecule has 0 saturated carbocycles. The Morgan fingerprint density at radius 2 is 2.28 bits per heavy atom. The van der Waals surface area contributed by atoms with Crippen molar-refractivity contribution in [2.75, 3.05) is 24.5 Å². The van der Waals surface area contributed by atoms with Crippen molar-refractivity contribution < 1.29 is 0 Å². The van der Waals surface area contributed by atoms with Gasteiger partial charge in [-0.2, -0.15) is 0 Å². The number of fused-ring (bicyclic) bond motifs is 1. The third-order valence-corrected chi connectivity index (χ3v) is 4.21. The molecule has 0 amide bonds. The third-order valence-electron chi connectivity index (χ3n) is 4.21. The van der Waals surface area contributed by atoms with Crippen LogP contribution in [0.15, 0.2) is 12.1 Å². The summed E-state index contributed by atoms with van der Waals surface area (Å²) in [5.74, 6) is 1.20. The van der Waals surface area contributed by atoms with Crippen LogP contribution in [-0.2, 0) is 12.8 Å². The van der Waals surface area contributed by atoms with Crippen LogP contribution in [0.3, 0.4) is 0 Å². The Hall–Kier alpha value is -1.09. The highest BCUT2D eigenvalue weighted by atomic mass is 15.2. The molecule has 0 bridgehead atoms. The number of hydrogen-bond donors (Lipinski definition) is 1. The van der Waals surface area contributed by atoms with Crippen molar-refractivity contribution in [3.8, 4) is 0 Å². The molecule has 2 aliphatic rings. The first-order valence-electron chi connectivity index (χ1n) is 7.34. The molecule has 0 spiro atoms. The molecule has 98 valence electrons. The van der Waals surface area contributed by atoms with Gasteiger partial charge in [0.05, 0.1) is 0 Å². The van der Waals surface area contributed by atoms with E-state index in [1.165, 1.54) is 55.7 Å². The quantitative estimate of drug-likeness (QED) is 0.881. The van der Waals surface area contributed by atoms with Crippen molar-refractivity contribution in [2.45, 2.75) is 45.1 Å². The molecule has 1 N–H and O–H groups in total. The molecule has 1 saturated heterocycles. The summed E-state index contributed by atoms with van der Waals surface area (Å²) in [5, 5.41) is 3.47. The molecule has 1 aromatic heterocycles. The van der Waals surface area contributed by atoms with Crippen LogP contribution < -0.4 is 10.2 Å². The lowest BCUT2D eigenvalue weighted by molar-refractivity contribution is 0.584. The maximum absolute atomic E-state index is 4.89. The van der Waals surface area contributed by atoms with E-state index in [9.17, 15) is 0 Å². The summed E-state index contributed by atoms with van der Waals surface area (Å²) in [7, 11) is 0. The summed E-state index contributed by atoms with van der Waals surface area (Å²) >= 11 is 0. The molecule has 3 heteroatoms. The summed E-state index contributed by atoms with van der Waals surface area (Å²) < 4.78 is 0. The Balaban J connectivity index is 1.76. The van der Waals surface area contributed by atoms with E-state index < -0.39 is 0 Å². The van der Waals surface area contributed by atoms with Crippen LogP contribution in [0.25, 0.3) is 0 Å². The topological polar surface area (TPSA) is 28.2 Å². The van der Waals surface area contributed by atoms with Crippen LogP contribution >= 0.6 is 0 Å². The van der Waals surface area contributed by atoms with Gasteiger partial charge in [0.2, 0.25) is 0 Å². The number of nitrogens with zero attached hydrogens (tertiary/aromatic N) is 2. The maximum atomic E-state index is 4.89. The second kappa shape index (κ2) is 5.27. The number of hydrogen-bond acceptors (Lipinski definition) is 3. The highest BCUT2D eigenvalue weighted by Crippen LogP contribution is 2.27. The lowest BCUT2D eigenvalue weighted by Gasteiger charge is -2.26. The monoisotopic (exact) mass is 245 g/mol. The van der Waals surface area contributed by atoms with Crippen LogP contribution in [0.5, 0.6) is 0 Å². The molecular formula is C15H23N3. The highest BCUT2D eigenvalue weighted by molar-refractivity contribution is 5.45. The SMILES string of the molecule is CCNCC1CCCN1c1ccc2c(n1)CCC2. The van der Waals surface area contributed by atoms with Crippen molar-refractivity contribution in [3.05, 3.63) is 23.4 Å². The van der Waals surface area contributed by atoms with E-state index in [1.54, 1.807) is 0 Å². The molecule has 1 aromatic rings. The van der Waals surface area contributed by atoms with Gasteiger partial charge in [0.15, 0.2) is 0 Å². The average molecular weight is 245 g/mol. The molecule has 1 fully saturated rings. The molecule has 1 atom stereocenters. The maximum Gasteiger partial charge on any atom is 0.129 e. The normalized spacial score (nSPS) is 22.5. The first-order chi connectivity index (χ1) is 8.88. The predicted molar refractivity (Wildman–Crippen MR) is 75.2 cm³/mol. The Kier molecular flexibility index (Phi) is 3.50. The fourth-order valence-corrected chi connectivity index (χ4v) is 3.23. The number of nitrogens with one attached hydrogen (secondary N) is 1. The van der Waals surface area contributed by atoms with Gasteiger partial charge in [0, 0.05) is 24.8 Å². The van der Waals surface area contributed by atoms with Gasteiger partial charge >= 0.3 is 0 Å². The Morgan fingerprint density at radius 1 is 1.33 bits per heavy atom. The zero-order chi connectivity index (χ0) is 12.4. The van der Waals surface area contributed by atoms with Gasteiger partial charge in [-0.15, -0.1) is 0 Å². The fraction of sp³-hybridized carbons (Fsp3) is 0.667. The highest BCUT2D eigenvalue weighted by Gasteiger charge is 2.26. The minimum absolute atomic E-state index is 0.636. The number of rotatable bonds is 4. The molecule has 1 aliphatic carbocycles. The van der Waals surface area contributed by atoms with Crippen LogP contribution in [0.2, 0.25) is 0 Å². The van der Waals surface area contributed by atoms with Gasteiger partial charge in [-0.1, -0.05) is 13.0 Å². The second-order valence-electron chi connectivity index (χ2n) is 5.43. The van der Waals surface area contributed by atoms with Gasteiger partial charge in [0.25, 0.3) is 0 Å². The standard InChI is InChI=1S/C15H23N3/c1-2-16-11-13-6-4-10-18(13)15-9-8-12-5-3-7-14(12)17-15/h8-9,13,16H,2-7,10-11H2,1H3. The Morgan fingerprint density at radius 3 is 3.17 bits per heavy atom. The summed E-state index contributed by atoms with van der Waals surface area (Å²) in [6.07, 6.45) is 6.28. The molecule has 2 heterocycles. The van der Waals surface area contributed by atoms with E-state index in [0.29, 0.717) is 6.04 Å². The van der Waals surface area contributed by atoms with Crippen LogP contribution in [0, 0.1) is 0 Å².